The van der Waals surface area contributed by atoms with E-state index < -0.39 is 0 Å². The summed E-state index contributed by atoms with van der Waals surface area (Å²) in [6.07, 6.45) is 8.20. The zero-order chi connectivity index (χ0) is 18.6. The summed E-state index contributed by atoms with van der Waals surface area (Å²) in [5.74, 6) is 1.58. The Hall–Kier alpha value is -2.64. The molecule has 8 nitrogen and oxygen atoms in total. The summed E-state index contributed by atoms with van der Waals surface area (Å²) in [4.78, 5) is 31.4. The Morgan fingerprint density at radius 2 is 1.89 bits per heavy atom. The molecule has 27 heavy (non-hydrogen) atoms. The Morgan fingerprint density at radius 1 is 1.07 bits per heavy atom. The molecule has 0 unspecified atom stereocenters. The summed E-state index contributed by atoms with van der Waals surface area (Å²) >= 11 is 0. The Bertz CT molecular complexity index is 848. The predicted octanol–water partition coefficient (Wildman–Crippen LogP) is 1.08. The van der Waals surface area contributed by atoms with E-state index in [9.17, 15) is 9.59 Å². The summed E-state index contributed by atoms with van der Waals surface area (Å²) in [5.41, 5.74) is 0.762. The maximum absolute atomic E-state index is 12.4. The number of nitrogens with one attached hydrogen (secondary N) is 1. The average Bonchev–Trinajstić information content (AvgIpc) is 3.24. The monoisotopic (exact) mass is 370 g/mol. The SMILES string of the molecule is O=C(Cn1nc2n(c1=O)CCCCC2)NCc1ccc(N2CCCC2)nc1. The van der Waals surface area contributed by atoms with Crippen molar-refractivity contribution in [2.45, 2.75) is 58.2 Å². The van der Waals surface area contributed by atoms with Crippen molar-refractivity contribution in [2.75, 3.05) is 18.0 Å². The van der Waals surface area contributed by atoms with Gasteiger partial charge in [-0.2, -0.15) is 5.10 Å². The number of pyridine rings is 1. The van der Waals surface area contributed by atoms with Crippen molar-refractivity contribution >= 4 is 11.7 Å². The maximum Gasteiger partial charge on any atom is 0.346 e. The molecule has 0 spiro atoms. The minimum Gasteiger partial charge on any atom is -0.357 e. The van der Waals surface area contributed by atoms with Crippen molar-refractivity contribution in [3.05, 3.63) is 40.2 Å². The highest BCUT2D eigenvalue weighted by atomic mass is 16.2. The zero-order valence-corrected chi connectivity index (χ0v) is 15.6. The smallest absolute Gasteiger partial charge is 0.346 e. The van der Waals surface area contributed by atoms with E-state index in [0.717, 1.165) is 56.0 Å². The Morgan fingerprint density at radius 3 is 2.67 bits per heavy atom. The highest BCUT2D eigenvalue weighted by Crippen LogP contribution is 2.17. The molecule has 0 saturated carbocycles. The number of rotatable bonds is 5. The Labute approximate surface area is 158 Å². The van der Waals surface area contributed by atoms with Gasteiger partial charge < -0.3 is 10.2 Å². The molecule has 2 aromatic heterocycles. The maximum atomic E-state index is 12.4. The van der Waals surface area contributed by atoms with Gasteiger partial charge in [0.05, 0.1) is 0 Å². The molecule has 144 valence electrons. The topological polar surface area (TPSA) is 85.0 Å². The van der Waals surface area contributed by atoms with Crippen molar-refractivity contribution < 1.29 is 4.79 Å². The third-order valence-corrected chi connectivity index (χ3v) is 5.30. The molecule has 1 amide bonds. The lowest BCUT2D eigenvalue weighted by Gasteiger charge is -2.16. The third kappa shape index (κ3) is 4.04. The van der Waals surface area contributed by atoms with Gasteiger partial charge in [0.15, 0.2) is 0 Å². The van der Waals surface area contributed by atoms with Crippen molar-refractivity contribution in [3.63, 3.8) is 0 Å². The molecule has 1 saturated heterocycles. The van der Waals surface area contributed by atoms with Gasteiger partial charge in [0.2, 0.25) is 5.91 Å². The van der Waals surface area contributed by atoms with Crippen LogP contribution in [0.25, 0.3) is 0 Å². The number of hydrogen-bond donors (Lipinski definition) is 1. The first-order chi connectivity index (χ1) is 13.2. The molecule has 0 atom stereocenters. The van der Waals surface area contributed by atoms with Crippen molar-refractivity contribution in [1.82, 2.24) is 24.6 Å². The standard InChI is InChI=1S/C19H26N6O2/c26-18(14-25-19(27)24-11-3-1-2-6-17(24)22-25)21-13-15-7-8-16(20-12-15)23-9-4-5-10-23/h7-8,12H,1-6,9-11,13-14H2,(H,21,26). The molecule has 0 aromatic carbocycles. The molecular weight excluding hydrogens is 344 g/mol. The van der Waals surface area contributed by atoms with Gasteiger partial charge in [-0.15, -0.1) is 0 Å². The lowest BCUT2D eigenvalue weighted by atomic mass is 10.2. The summed E-state index contributed by atoms with van der Waals surface area (Å²) in [7, 11) is 0. The second kappa shape index (κ2) is 7.94. The molecule has 2 aliphatic heterocycles. The van der Waals surface area contributed by atoms with E-state index in [0.29, 0.717) is 13.1 Å². The average molecular weight is 370 g/mol. The largest absolute Gasteiger partial charge is 0.357 e. The second-order valence-electron chi connectivity index (χ2n) is 7.31. The summed E-state index contributed by atoms with van der Waals surface area (Å²) in [6.45, 7) is 3.18. The molecule has 0 radical (unpaired) electrons. The van der Waals surface area contributed by atoms with E-state index in [4.69, 9.17) is 0 Å². The van der Waals surface area contributed by atoms with E-state index in [-0.39, 0.29) is 18.1 Å². The number of aryl methyl sites for hydroxylation is 1. The molecule has 4 heterocycles. The molecule has 4 rings (SSSR count). The van der Waals surface area contributed by atoms with Crippen LogP contribution in [0.2, 0.25) is 0 Å². The first-order valence-corrected chi connectivity index (χ1v) is 9.84. The summed E-state index contributed by atoms with van der Waals surface area (Å²) < 4.78 is 2.99. The number of aromatic nitrogens is 4. The van der Waals surface area contributed by atoms with Crippen molar-refractivity contribution in [1.29, 1.82) is 0 Å². The van der Waals surface area contributed by atoms with Crippen molar-refractivity contribution in [3.8, 4) is 0 Å². The molecule has 8 heteroatoms. The highest BCUT2D eigenvalue weighted by Gasteiger charge is 2.17. The van der Waals surface area contributed by atoms with E-state index in [2.05, 4.69) is 20.3 Å². The summed E-state index contributed by atoms with van der Waals surface area (Å²) in [5, 5.41) is 7.20. The van der Waals surface area contributed by atoms with Crippen LogP contribution in [0.5, 0.6) is 0 Å². The van der Waals surface area contributed by atoms with Crippen LogP contribution in [0, 0.1) is 0 Å². The molecule has 0 aliphatic carbocycles. The number of fused-ring (bicyclic) bond motifs is 1. The first kappa shape index (κ1) is 17.8. The van der Waals surface area contributed by atoms with E-state index in [1.165, 1.54) is 17.5 Å². The van der Waals surface area contributed by atoms with Gasteiger partial charge in [-0.05, 0) is 37.3 Å². The van der Waals surface area contributed by atoms with E-state index >= 15 is 0 Å². The normalized spacial score (nSPS) is 16.8. The predicted molar refractivity (Wildman–Crippen MR) is 102 cm³/mol. The molecule has 1 fully saturated rings. The van der Waals surface area contributed by atoms with Gasteiger partial charge in [0.25, 0.3) is 0 Å². The lowest BCUT2D eigenvalue weighted by Crippen LogP contribution is -2.33. The molecule has 2 aliphatic rings. The van der Waals surface area contributed by atoms with Crippen LogP contribution >= 0.6 is 0 Å². The zero-order valence-electron chi connectivity index (χ0n) is 15.6. The minimum absolute atomic E-state index is 0.0435. The van der Waals surface area contributed by atoms with Gasteiger partial charge in [-0.3, -0.25) is 9.36 Å². The highest BCUT2D eigenvalue weighted by molar-refractivity contribution is 5.75. The van der Waals surface area contributed by atoms with E-state index in [1.807, 2.05) is 12.1 Å². The fraction of sp³-hybridized carbons (Fsp3) is 0.579. The number of hydrogen-bond acceptors (Lipinski definition) is 5. The quantitative estimate of drug-likeness (QED) is 0.851. The Balaban J connectivity index is 1.33. The fourth-order valence-corrected chi connectivity index (χ4v) is 3.78. The third-order valence-electron chi connectivity index (χ3n) is 5.30. The van der Waals surface area contributed by atoms with Crippen molar-refractivity contribution in [2.24, 2.45) is 0 Å². The molecular formula is C19H26N6O2. The van der Waals surface area contributed by atoms with Gasteiger partial charge in [-0.1, -0.05) is 12.5 Å². The number of carbonyl (C=O) groups is 1. The number of anilines is 1. The van der Waals surface area contributed by atoms with Crippen LogP contribution in [-0.4, -0.2) is 38.3 Å². The van der Waals surface area contributed by atoms with Gasteiger partial charge in [-0.25, -0.2) is 14.5 Å². The van der Waals surface area contributed by atoms with Gasteiger partial charge >= 0.3 is 5.69 Å². The minimum atomic E-state index is -0.214. The van der Waals surface area contributed by atoms with Gasteiger partial charge in [0, 0.05) is 38.8 Å². The first-order valence-electron chi connectivity index (χ1n) is 9.84. The number of amides is 1. The van der Waals surface area contributed by atoms with Crippen LogP contribution in [0.3, 0.4) is 0 Å². The van der Waals surface area contributed by atoms with Crippen LogP contribution in [-0.2, 0) is 30.8 Å². The second-order valence-corrected chi connectivity index (χ2v) is 7.31. The fourth-order valence-electron chi connectivity index (χ4n) is 3.78. The Kier molecular flexibility index (Phi) is 5.22. The molecule has 1 N–H and O–H groups in total. The summed E-state index contributed by atoms with van der Waals surface area (Å²) in [6, 6.07) is 4.00. The van der Waals surface area contributed by atoms with Crippen LogP contribution in [0.15, 0.2) is 23.1 Å². The van der Waals surface area contributed by atoms with E-state index in [1.54, 1.807) is 10.8 Å². The molecule has 2 aromatic rings. The van der Waals surface area contributed by atoms with Crippen LogP contribution in [0.4, 0.5) is 5.82 Å². The van der Waals surface area contributed by atoms with Crippen LogP contribution < -0.4 is 15.9 Å². The number of nitrogens with zero attached hydrogens (tertiary/aromatic N) is 5. The number of carbonyl (C=O) groups excluding carboxylic acids is 1. The van der Waals surface area contributed by atoms with Gasteiger partial charge in [0.1, 0.15) is 18.2 Å². The lowest BCUT2D eigenvalue weighted by molar-refractivity contribution is -0.122. The van der Waals surface area contributed by atoms with Crippen LogP contribution in [0.1, 0.15) is 43.5 Å². The molecule has 0 bridgehead atoms.